The molecule has 0 aromatic carbocycles. The first-order chi connectivity index (χ1) is 6.62. The maximum atomic E-state index is 10.6. The van der Waals surface area contributed by atoms with E-state index in [-0.39, 0.29) is 11.1 Å². The van der Waals surface area contributed by atoms with Crippen LogP contribution in [-0.4, -0.2) is 20.7 Å². The number of rotatable bonds is 5. The molecule has 0 radical (unpaired) electrons. The van der Waals surface area contributed by atoms with Gasteiger partial charge >= 0.3 is 0 Å². The van der Waals surface area contributed by atoms with Crippen molar-refractivity contribution in [3.05, 3.63) is 0 Å². The van der Waals surface area contributed by atoms with Crippen molar-refractivity contribution in [3.8, 4) is 0 Å². The van der Waals surface area contributed by atoms with E-state index in [1.807, 2.05) is 0 Å². The zero-order chi connectivity index (χ0) is 12.3. The van der Waals surface area contributed by atoms with Gasteiger partial charge in [0.25, 0.3) is 0 Å². The van der Waals surface area contributed by atoms with Gasteiger partial charge in [0.2, 0.25) is 0 Å². The van der Waals surface area contributed by atoms with Crippen LogP contribution in [0.4, 0.5) is 0 Å². The Morgan fingerprint density at radius 1 is 1.27 bits per heavy atom. The van der Waals surface area contributed by atoms with E-state index < -0.39 is 8.32 Å². The molecule has 0 aromatic heterocycles. The Morgan fingerprint density at radius 2 is 1.73 bits per heavy atom. The van der Waals surface area contributed by atoms with E-state index in [1.54, 1.807) is 0 Å². The molecule has 15 heavy (non-hydrogen) atoms. The summed E-state index contributed by atoms with van der Waals surface area (Å²) < 4.78 is 6.21. The van der Waals surface area contributed by atoms with Crippen molar-refractivity contribution in [2.45, 2.75) is 65.3 Å². The molecular formula is C12H26O2Si. The van der Waals surface area contributed by atoms with Crippen molar-refractivity contribution in [1.82, 2.24) is 0 Å². The van der Waals surface area contributed by atoms with Crippen LogP contribution < -0.4 is 0 Å². The molecule has 0 N–H and O–H groups in total. The molecule has 3 heteroatoms. The second-order valence-electron chi connectivity index (χ2n) is 6.06. The van der Waals surface area contributed by atoms with Gasteiger partial charge in [-0.25, -0.2) is 0 Å². The van der Waals surface area contributed by atoms with Crippen LogP contribution in [0, 0.1) is 5.92 Å². The summed E-state index contributed by atoms with van der Waals surface area (Å²) in [5.41, 5.74) is 0. The normalized spacial score (nSPS) is 15.5. The van der Waals surface area contributed by atoms with E-state index in [4.69, 9.17) is 4.43 Å². The quantitative estimate of drug-likeness (QED) is 0.532. The summed E-state index contributed by atoms with van der Waals surface area (Å²) in [5, 5.41) is 0.211. The smallest absolute Gasteiger partial charge is 0.192 e. The van der Waals surface area contributed by atoms with Gasteiger partial charge in [-0.1, -0.05) is 34.6 Å². The molecule has 0 fully saturated rings. The third-order valence-electron chi connectivity index (χ3n) is 3.32. The van der Waals surface area contributed by atoms with Gasteiger partial charge in [0.15, 0.2) is 8.32 Å². The van der Waals surface area contributed by atoms with Crippen molar-refractivity contribution in [1.29, 1.82) is 0 Å². The Labute approximate surface area is 95.5 Å². The standard InChI is InChI=1S/C12H26O2Si/c1-10(2)11(8-9-13)14-15(6,7)12(3,4)5/h9-11H,8H2,1-7H3/t11-/m0/s1. The summed E-state index contributed by atoms with van der Waals surface area (Å²) in [6.07, 6.45) is 1.57. The maximum absolute atomic E-state index is 10.6. The predicted molar refractivity (Wildman–Crippen MR) is 67.6 cm³/mol. The molecule has 0 rings (SSSR count). The lowest BCUT2D eigenvalue weighted by Gasteiger charge is -2.40. The Balaban J connectivity index is 4.59. The fourth-order valence-electron chi connectivity index (χ4n) is 1.11. The monoisotopic (exact) mass is 230 g/mol. The first-order valence-corrected chi connectivity index (χ1v) is 8.64. The van der Waals surface area contributed by atoms with Gasteiger partial charge in [-0.05, 0) is 24.1 Å². The fourth-order valence-corrected chi connectivity index (χ4v) is 2.59. The first-order valence-electron chi connectivity index (χ1n) is 5.73. The van der Waals surface area contributed by atoms with Crippen LogP contribution in [0.1, 0.15) is 41.0 Å². The molecule has 0 aromatic rings. The largest absolute Gasteiger partial charge is 0.413 e. The molecule has 1 atom stereocenters. The van der Waals surface area contributed by atoms with Gasteiger partial charge in [-0.3, -0.25) is 0 Å². The lowest BCUT2D eigenvalue weighted by Crippen LogP contribution is -2.45. The van der Waals surface area contributed by atoms with E-state index in [2.05, 4.69) is 47.7 Å². The molecule has 0 aliphatic carbocycles. The SMILES string of the molecule is CC(C)[C@H](CC=O)O[Si](C)(C)C(C)(C)C. The molecule has 0 aliphatic rings. The number of carbonyl (C=O) groups is 1. The third kappa shape index (κ3) is 4.47. The minimum atomic E-state index is -1.73. The topological polar surface area (TPSA) is 26.3 Å². The van der Waals surface area contributed by atoms with Crippen LogP contribution in [0.2, 0.25) is 18.1 Å². The Bertz CT molecular complexity index is 204. The number of aldehydes is 1. The van der Waals surface area contributed by atoms with Crippen LogP contribution in [0.25, 0.3) is 0 Å². The molecule has 0 aliphatic heterocycles. The van der Waals surface area contributed by atoms with Gasteiger partial charge in [0.1, 0.15) is 6.29 Å². The van der Waals surface area contributed by atoms with E-state index in [9.17, 15) is 4.79 Å². The summed E-state index contributed by atoms with van der Waals surface area (Å²) in [5.74, 6) is 0.407. The lowest BCUT2D eigenvalue weighted by molar-refractivity contribution is -0.109. The molecule has 0 saturated heterocycles. The number of carbonyl (C=O) groups excluding carboxylic acids is 1. The van der Waals surface area contributed by atoms with Crippen LogP contribution in [-0.2, 0) is 9.22 Å². The number of hydrogen-bond donors (Lipinski definition) is 0. The van der Waals surface area contributed by atoms with Crippen molar-refractivity contribution in [2.24, 2.45) is 5.92 Å². The zero-order valence-electron chi connectivity index (χ0n) is 11.3. The molecule has 0 amide bonds. The van der Waals surface area contributed by atoms with Crippen molar-refractivity contribution >= 4 is 14.6 Å². The second kappa shape index (κ2) is 5.26. The molecule has 0 unspecified atom stereocenters. The van der Waals surface area contributed by atoms with Gasteiger partial charge < -0.3 is 9.22 Å². The highest BCUT2D eigenvalue weighted by molar-refractivity contribution is 6.74. The molecule has 0 saturated carbocycles. The fraction of sp³-hybridized carbons (Fsp3) is 0.917. The van der Waals surface area contributed by atoms with Crippen molar-refractivity contribution < 1.29 is 9.22 Å². The Kier molecular flexibility index (Phi) is 5.20. The summed E-state index contributed by atoms with van der Waals surface area (Å²) in [6, 6.07) is 0. The van der Waals surface area contributed by atoms with E-state index >= 15 is 0 Å². The zero-order valence-corrected chi connectivity index (χ0v) is 12.3. The van der Waals surface area contributed by atoms with Crippen LogP contribution in [0.5, 0.6) is 0 Å². The van der Waals surface area contributed by atoms with Crippen LogP contribution in [0.15, 0.2) is 0 Å². The minimum Gasteiger partial charge on any atom is -0.413 e. The molecule has 0 spiro atoms. The maximum Gasteiger partial charge on any atom is 0.192 e. The highest BCUT2D eigenvalue weighted by Crippen LogP contribution is 2.38. The molecular weight excluding hydrogens is 204 g/mol. The minimum absolute atomic E-state index is 0.0865. The second-order valence-corrected chi connectivity index (χ2v) is 10.8. The summed E-state index contributed by atoms with van der Waals surface area (Å²) in [7, 11) is -1.73. The van der Waals surface area contributed by atoms with Crippen molar-refractivity contribution in [2.75, 3.05) is 0 Å². The van der Waals surface area contributed by atoms with Gasteiger partial charge in [0, 0.05) is 6.42 Å². The molecule has 0 bridgehead atoms. The first kappa shape index (κ1) is 14.8. The summed E-state index contributed by atoms with van der Waals surface area (Å²) >= 11 is 0. The average Bonchev–Trinajstić information content (AvgIpc) is 2.00. The summed E-state index contributed by atoms with van der Waals surface area (Å²) in [6.45, 7) is 15.3. The van der Waals surface area contributed by atoms with Gasteiger partial charge in [-0.2, -0.15) is 0 Å². The lowest BCUT2D eigenvalue weighted by atomic mass is 10.1. The van der Waals surface area contributed by atoms with Crippen molar-refractivity contribution in [3.63, 3.8) is 0 Å². The third-order valence-corrected chi connectivity index (χ3v) is 7.83. The van der Waals surface area contributed by atoms with E-state index in [1.165, 1.54) is 0 Å². The Morgan fingerprint density at radius 3 is 2.00 bits per heavy atom. The van der Waals surface area contributed by atoms with Gasteiger partial charge in [0.05, 0.1) is 6.10 Å². The Hall–Kier alpha value is -0.153. The summed E-state index contributed by atoms with van der Waals surface area (Å²) in [4.78, 5) is 10.6. The molecule has 0 heterocycles. The molecule has 2 nitrogen and oxygen atoms in total. The van der Waals surface area contributed by atoms with Crippen LogP contribution in [0.3, 0.4) is 0 Å². The number of hydrogen-bond acceptors (Lipinski definition) is 2. The van der Waals surface area contributed by atoms with Crippen LogP contribution >= 0.6 is 0 Å². The average molecular weight is 230 g/mol. The highest BCUT2D eigenvalue weighted by atomic mass is 28.4. The molecule has 90 valence electrons. The van der Waals surface area contributed by atoms with Gasteiger partial charge in [-0.15, -0.1) is 0 Å². The highest BCUT2D eigenvalue weighted by Gasteiger charge is 2.39. The van der Waals surface area contributed by atoms with E-state index in [0.29, 0.717) is 12.3 Å². The van der Waals surface area contributed by atoms with E-state index in [0.717, 1.165) is 6.29 Å². The predicted octanol–water partition coefficient (Wildman–Crippen LogP) is 3.62.